The Balaban J connectivity index is 1.74. The molecule has 0 atom stereocenters. The Morgan fingerprint density at radius 1 is 1.32 bits per heavy atom. The van der Waals surface area contributed by atoms with Gasteiger partial charge >= 0.3 is 0 Å². The SMILES string of the molecule is O=C(CNc1ccc(Cl)cc1)N/N=C/c1ccco1. The minimum Gasteiger partial charge on any atom is -0.463 e. The van der Waals surface area contributed by atoms with Gasteiger partial charge in [-0.25, -0.2) is 5.43 Å². The summed E-state index contributed by atoms with van der Waals surface area (Å²) in [5.41, 5.74) is 3.20. The molecular formula is C13H12ClN3O2. The lowest BCUT2D eigenvalue weighted by Crippen LogP contribution is -2.25. The van der Waals surface area contributed by atoms with Crippen molar-refractivity contribution in [3.8, 4) is 0 Å². The fourth-order valence-corrected chi connectivity index (χ4v) is 1.45. The van der Waals surface area contributed by atoms with E-state index in [0.29, 0.717) is 10.8 Å². The van der Waals surface area contributed by atoms with Crippen molar-refractivity contribution in [1.29, 1.82) is 0 Å². The maximum atomic E-state index is 11.5. The van der Waals surface area contributed by atoms with Gasteiger partial charge < -0.3 is 9.73 Å². The highest BCUT2D eigenvalue weighted by atomic mass is 35.5. The van der Waals surface area contributed by atoms with E-state index >= 15 is 0 Å². The van der Waals surface area contributed by atoms with E-state index in [4.69, 9.17) is 16.0 Å². The second-order valence-electron chi connectivity index (χ2n) is 3.67. The molecule has 0 aliphatic rings. The zero-order valence-electron chi connectivity index (χ0n) is 9.97. The fraction of sp³-hybridized carbons (Fsp3) is 0.0769. The van der Waals surface area contributed by atoms with E-state index < -0.39 is 0 Å². The van der Waals surface area contributed by atoms with E-state index in [-0.39, 0.29) is 12.5 Å². The number of benzene rings is 1. The van der Waals surface area contributed by atoms with Crippen LogP contribution in [0.4, 0.5) is 5.69 Å². The molecule has 0 aliphatic heterocycles. The summed E-state index contributed by atoms with van der Waals surface area (Å²) in [5, 5.41) is 7.36. The zero-order chi connectivity index (χ0) is 13.5. The summed E-state index contributed by atoms with van der Waals surface area (Å²) >= 11 is 5.76. The second kappa shape index (κ2) is 6.61. The van der Waals surface area contributed by atoms with Crippen LogP contribution in [0.1, 0.15) is 5.76 Å². The highest BCUT2D eigenvalue weighted by Gasteiger charge is 1.99. The zero-order valence-corrected chi connectivity index (χ0v) is 10.7. The van der Waals surface area contributed by atoms with Crippen LogP contribution in [0, 0.1) is 0 Å². The van der Waals surface area contributed by atoms with Crippen LogP contribution in [0.2, 0.25) is 5.02 Å². The van der Waals surface area contributed by atoms with Crippen LogP contribution in [-0.4, -0.2) is 18.7 Å². The van der Waals surface area contributed by atoms with Gasteiger partial charge in [-0.1, -0.05) is 11.6 Å². The minimum absolute atomic E-state index is 0.122. The van der Waals surface area contributed by atoms with Gasteiger partial charge in [0.15, 0.2) is 0 Å². The standard InChI is InChI=1S/C13H12ClN3O2/c14-10-3-5-11(6-4-10)15-9-13(18)17-16-8-12-2-1-7-19-12/h1-8,15H,9H2,(H,17,18)/b16-8+. The summed E-state index contributed by atoms with van der Waals surface area (Å²) in [7, 11) is 0. The molecule has 0 saturated carbocycles. The number of nitrogens with one attached hydrogen (secondary N) is 2. The fourth-order valence-electron chi connectivity index (χ4n) is 1.32. The molecule has 1 amide bonds. The number of hydrogen-bond donors (Lipinski definition) is 2. The number of carbonyl (C=O) groups is 1. The normalized spacial score (nSPS) is 10.6. The minimum atomic E-state index is -0.252. The molecule has 2 rings (SSSR count). The first kappa shape index (κ1) is 13.2. The largest absolute Gasteiger partial charge is 0.463 e. The van der Waals surface area contributed by atoms with Gasteiger partial charge in [-0.05, 0) is 36.4 Å². The van der Waals surface area contributed by atoms with Crippen molar-refractivity contribution < 1.29 is 9.21 Å². The molecule has 0 fully saturated rings. The van der Waals surface area contributed by atoms with Crippen molar-refractivity contribution in [3.63, 3.8) is 0 Å². The number of hydrazone groups is 1. The Hall–Kier alpha value is -2.27. The Bertz CT molecular complexity index is 550. The van der Waals surface area contributed by atoms with Crippen molar-refractivity contribution in [3.05, 3.63) is 53.4 Å². The van der Waals surface area contributed by atoms with Gasteiger partial charge in [0.2, 0.25) is 0 Å². The first-order valence-corrected chi connectivity index (χ1v) is 5.97. The van der Waals surface area contributed by atoms with E-state index in [2.05, 4.69) is 15.8 Å². The van der Waals surface area contributed by atoms with E-state index in [9.17, 15) is 4.79 Å². The molecule has 2 N–H and O–H groups in total. The third-order valence-electron chi connectivity index (χ3n) is 2.22. The Kier molecular flexibility index (Phi) is 4.58. The van der Waals surface area contributed by atoms with Gasteiger partial charge in [0.1, 0.15) is 5.76 Å². The first-order chi connectivity index (χ1) is 9.24. The van der Waals surface area contributed by atoms with Crippen LogP contribution in [0.5, 0.6) is 0 Å². The summed E-state index contributed by atoms with van der Waals surface area (Å²) < 4.78 is 5.03. The molecule has 98 valence electrons. The maximum absolute atomic E-state index is 11.5. The van der Waals surface area contributed by atoms with Crippen molar-refractivity contribution >= 4 is 29.4 Å². The Morgan fingerprint density at radius 2 is 2.11 bits per heavy atom. The molecule has 0 unspecified atom stereocenters. The number of nitrogens with zero attached hydrogens (tertiary/aromatic N) is 1. The van der Waals surface area contributed by atoms with Crippen LogP contribution in [-0.2, 0) is 4.79 Å². The number of carbonyl (C=O) groups excluding carboxylic acids is 1. The molecule has 0 aliphatic carbocycles. The van der Waals surface area contributed by atoms with Crippen LogP contribution < -0.4 is 10.7 Å². The number of rotatable bonds is 5. The topological polar surface area (TPSA) is 66.6 Å². The van der Waals surface area contributed by atoms with Crippen LogP contribution in [0.25, 0.3) is 0 Å². The molecule has 5 nitrogen and oxygen atoms in total. The Labute approximate surface area is 115 Å². The van der Waals surface area contributed by atoms with Crippen molar-refractivity contribution in [2.24, 2.45) is 5.10 Å². The lowest BCUT2D eigenvalue weighted by atomic mass is 10.3. The lowest BCUT2D eigenvalue weighted by Gasteiger charge is -2.04. The number of hydrogen-bond acceptors (Lipinski definition) is 4. The monoisotopic (exact) mass is 277 g/mol. The van der Waals surface area contributed by atoms with E-state index in [1.165, 1.54) is 12.5 Å². The van der Waals surface area contributed by atoms with Gasteiger partial charge in [-0.3, -0.25) is 4.79 Å². The molecule has 1 aromatic carbocycles. The third-order valence-corrected chi connectivity index (χ3v) is 2.47. The quantitative estimate of drug-likeness (QED) is 0.652. The van der Waals surface area contributed by atoms with Gasteiger partial charge in [-0.2, -0.15) is 5.10 Å². The van der Waals surface area contributed by atoms with Crippen LogP contribution in [0.15, 0.2) is 52.2 Å². The predicted molar refractivity (Wildman–Crippen MR) is 74.4 cm³/mol. The molecule has 1 heterocycles. The number of halogens is 1. The second-order valence-corrected chi connectivity index (χ2v) is 4.11. The predicted octanol–water partition coefficient (Wildman–Crippen LogP) is 2.50. The summed E-state index contributed by atoms with van der Waals surface area (Å²) in [5.74, 6) is 0.323. The van der Waals surface area contributed by atoms with E-state index in [1.54, 1.807) is 36.4 Å². The maximum Gasteiger partial charge on any atom is 0.259 e. The van der Waals surface area contributed by atoms with Crippen LogP contribution in [0.3, 0.4) is 0 Å². The molecule has 0 spiro atoms. The molecule has 1 aromatic heterocycles. The summed E-state index contributed by atoms with van der Waals surface area (Å²) in [6.45, 7) is 0.122. The van der Waals surface area contributed by atoms with Crippen molar-refractivity contribution in [1.82, 2.24) is 5.43 Å². The molecular weight excluding hydrogens is 266 g/mol. The average molecular weight is 278 g/mol. The molecule has 6 heteroatoms. The van der Waals surface area contributed by atoms with Crippen molar-refractivity contribution in [2.75, 3.05) is 11.9 Å². The van der Waals surface area contributed by atoms with Gasteiger partial charge in [0.25, 0.3) is 5.91 Å². The third kappa shape index (κ3) is 4.48. The van der Waals surface area contributed by atoms with E-state index in [0.717, 1.165) is 5.69 Å². The average Bonchev–Trinajstić information content (AvgIpc) is 2.91. The molecule has 2 aromatic rings. The van der Waals surface area contributed by atoms with Crippen molar-refractivity contribution in [2.45, 2.75) is 0 Å². The molecule has 0 saturated heterocycles. The molecule has 0 radical (unpaired) electrons. The van der Waals surface area contributed by atoms with Gasteiger partial charge in [0.05, 0.1) is 19.0 Å². The number of amides is 1. The summed E-state index contributed by atoms with van der Waals surface area (Å²) in [6, 6.07) is 10.6. The molecule has 0 bridgehead atoms. The first-order valence-electron chi connectivity index (χ1n) is 5.59. The number of furan rings is 1. The highest BCUT2D eigenvalue weighted by molar-refractivity contribution is 6.30. The van der Waals surface area contributed by atoms with Gasteiger partial charge in [-0.15, -0.1) is 0 Å². The van der Waals surface area contributed by atoms with Crippen LogP contribution >= 0.6 is 11.6 Å². The summed E-state index contributed by atoms with van der Waals surface area (Å²) in [4.78, 5) is 11.5. The summed E-state index contributed by atoms with van der Waals surface area (Å²) in [6.07, 6.45) is 2.96. The Morgan fingerprint density at radius 3 is 2.79 bits per heavy atom. The van der Waals surface area contributed by atoms with E-state index in [1.807, 2.05) is 0 Å². The van der Waals surface area contributed by atoms with Gasteiger partial charge in [0, 0.05) is 10.7 Å². The smallest absolute Gasteiger partial charge is 0.259 e. The number of anilines is 1. The lowest BCUT2D eigenvalue weighted by molar-refractivity contribution is -0.119. The highest BCUT2D eigenvalue weighted by Crippen LogP contribution is 2.12. The molecule has 19 heavy (non-hydrogen) atoms.